The highest BCUT2D eigenvalue weighted by Crippen LogP contribution is 2.20. The lowest BCUT2D eigenvalue weighted by molar-refractivity contribution is -0.126. The first-order valence-electron chi connectivity index (χ1n) is 8.24. The maximum absolute atomic E-state index is 13.6. The topological polar surface area (TPSA) is 61.4 Å². The fraction of sp³-hybridized carbons (Fsp3) is 0.333. The molecule has 2 aromatic rings. The molecule has 0 aliphatic carbocycles. The van der Waals surface area contributed by atoms with Crippen molar-refractivity contribution in [1.82, 2.24) is 10.2 Å². The van der Waals surface area contributed by atoms with Gasteiger partial charge in [-0.25, -0.2) is 9.18 Å². The third kappa shape index (κ3) is 4.57. The fourth-order valence-corrected chi connectivity index (χ4v) is 3.49. The number of carbonyl (C=O) groups is 2. The smallest absolute Gasteiger partial charge is 0.322 e. The molecule has 3 amide bonds. The molecule has 3 rings (SSSR count). The van der Waals surface area contributed by atoms with Gasteiger partial charge in [0.15, 0.2) is 0 Å². The fourth-order valence-electron chi connectivity index (χ4n) is 2.88. The number of thiophene rings is 1. The molecule has 0 saturated carbocycles. The lowest BCUT2D eigenvalue weighted by Gasteiger charge is -2.31. The summed E-state index contributed by atoms with van der Waals surface area (Å²) >= 11 is 1.46. The Hall–Kier alpha value is -2.41. The first-order valence-corrected chi connectivity index (χ1v) is 9.12. The molecule has 1 atom stereocenters. The molecule has 7 heteroatoms. The summed E-state index contributed by atoms with van der Waals surface area (Å²) in [6.07, 6.45) is 1.50. The van der Waals surface area contributed by atoms with Gasteiger partial charge in [0.25, 0.3) is 0 Å². The van der Waals surface area contributed by atoms with Crippen LogP contribution in [0.5, 0.6) is 0 Å². The van der Waals surface area contributed by atoms with Crippen LogP contribution in [0, 0.1) is 11.7 Å². The minimum absolute atomic E-state index is 0.142. The van der Waals surface area contributed by atoms with Crippen LogP contribution >= 0.6 is 11.3 Å². The average Bonchev–Trinajstić information content (AvgIpc) is 3.14. The van der Waals surface area contributed by atoms with E-state index in [-0.39, 0.29) is 30.2 Å². The van der Waals surface area contributed by atoms with E-state index in [1.165, 1.54) is 17.4 Å². The molecular weight excluding hydrogens is 341 g/mol. The van der Waals surface area contributed by atoms with Gasteiger partial charge in [-0.15, -0.1) is 11.3 Å². The number of carbonyl (C=O) groups excluding carboxylic acids is 2. The van der Waals surface area contributed by atoms with E-state index in [1.54, 1.807) is 23.1 Å². The number of piperidine rings is 1. The minimum atomic E-state index is -0.330. The highest BCUT2D eigenvalue weighted by molar-refractivity contribution is 7.14. The van der Waals surface area contributed by atoms with Crippen molar-refractivity contribution in [3.05, 3.63) is 53.2 Å². The molecule has 0 spiro atoms. The molecular formula is C18H20FN3O2S. The molecule has 5 nitrogen and oxygen atoms in total. The van der Waals surface area contributed by atoms with E-state index in [4.69, 9.17) is 0 Å². The molecule has 1 aromatic heterocycles. The molecule has 2 heterocycles. The number of hydrogen-bond donors (Lipinski definition) is 2. The number of anilines is 1. The number of benzene rings is 1. The van der Waals surface area contributed by atoms with Crippen molar-refractivity contribution in [2.45, 2.75) is 19.4 Å². The Morgan fingerprint density at radius 3 is 2.84 bits per heavy atom. The van der Waals surface area contributed by atoms with E-state index in [1.807, 2.05) is 17.5 Å². The van der Waals surface area contributed by atoms with E-state index < -0.39 is 0 Å². The number of urea groups is 1. The normalized spacial score (nSPS) is 17.2. The third-order valence-electron chi connectivity index (χ3n) is 4.24. The van der Waals surface area contributed by atoms with Crippen LogP contribution in [0.3, 0.4) is 0 Å². The molecule has 0 bridgehead atoms. The van der Waals surface area contributed by atoms with Crippen LogP contribution in [0.1, 0.15) is 18.4 Å². The summed E-state index contributed by atoms with van der Waals surface area (Å²) in [5, 5.41) is 8.30. The van der Waals surface area contributed by atoms with E-state index >= 15 is 0 Å². The van der Waals surface area contributed by atoms with Gasteiger partial charge >= 0.3 is 6.03 Å². The van der Waals surface area contributed by atoms with E-state index in [9.17, 15) is 14.0 Å². The Morgan fingerprint density at radius 1 is 1.24 bits per heavy atom. The zero-order chi connectivity index (χ0) is 17.6. The van der Waals surface area contributed by atoms with E-state index in [0.717, 1.165) is 17.8 Å². The maximum Gasteiger partial charge on any atom is 0.322 e. The monoisotopic (exact) mass is 361 g/mol. The number of rotatable bonds is 4. The molecule has 25 heavy (non-hydrogen) atoms. The maximum atomic E-state index is 13.6. The number of nitrogens with one attached hydrogen (secondary N) is 2. The Kier molecular flexibility index (Phi) is 5.65. The molecule has 2 N–H and O–H groups in total. The predicted molar refractivity (Wildman–Crippen MR) is 95.9 cm³/mol. The van der Waals surface area contributed by atoms with Crippen LogP contribution in [-0.4, -0.2) is 29.9 Å². The second-order valence-electron chi connectivity index (χ2n) is 6.00. The summed E-state index contributed by atoms with van der Waals surface area (Å²) < 4.78 is 13.6. The van der Waals surface area contributed by atoms with Crippen LogP contribution in [-0.2, 0) is 11.3 Å². The average molecular weight is 361 g/mol. The number of likely N-dealkylation sites (tertiary alicyclic amines) is 1. The number of hydrogen-bond acceptors (Lipinski definition) is 3. The molecule has 1 unspecified atom stereocenters. The molecule has 132 valence electrons. The molecule has 1 aliphatic rings. The van der Waals surface area contributed by atoms with Gasteiger partial charge in [0, 0.05) is 25.2 Å². The van der Waals surface area contributed by atoms with Crippen molar-refractivity contribution in [3.63, 3.8) is 0 Å². The van der Waals surface area contributed by atoms with Gasteiger partial charge in [0.1, 0.15) is 5.82 Å². The Bertz CT molecular complexity index is 736. The third-order valence-corrected chi connectivity index (χ3v) is 5.03. The van der Waals surface area contributed by atoms with Crippen LogP contribution in [0.2, 0.25) is 0 Å². The predicted octanol–water partition coefficient (Wildman–Crippen LogP) is 3.45. The second-order valence-corrected chi connectivity index (χ2v) is 6.95. The summed E-state index contributed by atoms with van der Waals surface area (Å²) in [5.74, 6) is -0.741. The van der Waals surface area contributed by atoms with Gasteiger partial charge in [-0.3, -0.25) is 10.1 Å². The van der Waals surface area contributed by atoms with Gasteiger partial charge in [-0.2, -0.15) is 0 Å². The summed E-state index contributed by atoms with van der Waals surface area (Å²) in [7, 11) is 0. The van der Waals surface area contributed by atoms with Crippen LogP contribution in [0.25, 0.3) is 0 Å². The number of amides is 3. The van der Waals surface area contributed by atoms with E-state index in [0.29, 0.717) is 18.7 Å². The minimum Gasteiger partial charge on any atom is -0.352 e. The van der Waals surface area contributed by atoms with Gasteiger partial charge in [0.05, 0.1) is 10.9 Å². The van der Waals surface area contributed by atoms with Crippen LogP contribution in [0.15, 0.2) is 41.8 Å². The first kappa shape index (κ1) is 17.4. The molecule has 1 saturated heterocycles. The van der Waals surface area contributed by atoms with Crippen molar-refractivity contribution >= 4 is 28.3 Å². The first-order chi connectivity index (χ1) is 12.1. The zero-order valence-corrected chi connectivity index (χ0v) is 14.5. The summed E-state index contributed by atoms with van der Waals surface area (Å²) in [5.41, 5.74) is 0.457. The summed E-state index contributed by atoms with van der Waals surface area (Å²) in [6.45, 7) is 1.16. The number of nitrogens with zero attached hydrogens (tertiary/aromatic N) is 1. The standard InChI is InChI=1S/C18H20FN3O2S/c19-15-7-2-1-5-13(15)11-20-17(23)14-6-3-9-22(12-14)18(24)21-16-8-4-10-25-16/h1-2,4-5,7-8,10,14H,3,6,9,11-12H2,(H,20,23)(H,21,24). The van der Waals surface area contributed by atoms with Crippen molar-refractivity contribution in [1.29, 1.82) is 0 Å². The van der Waals surface area contributed by atoms with Crippen LogP contribution in [0.4, 0.5) is 14.2 Å². The molecule has 1 aromatic carbocycles. The number of halogens is 1. The molecule has 1 aliphatic heterocycles. The van der Waals surface area contributed by atoms with Gasteiger partial charge < -0.3 is 10.2 Å². The lowest BCUT2D eigenvalue weighted by atomic mass is 9.97. The zero-order valence-electron chi connectivity index (χ0n) is 13.7. The van der Waals surface area contributed by atoms with Crippen molar-refractivity contribution < 1.29 is 14.0 Å². The van der Waals surface area contributed by atoms with Crippen molar-refractivity contribution in [2.75, 3.05) is 18.4 Å². The lowest BCUT2D eigenvalue weighted by Crippen LogP contribution is -2.46. The Morgan fingerprint density at radius 2 is 2.08 bits per heavy atom. The van der Waals surface area contributed by atoms with Gasteiger partial charge in [-0.05, 0) is 36.4 Å². The quantitative estimate of drug-likeness (QED) is 0.876. The molecule has 1 fully saturated rings. The molecule has 0 radical (unpaired) electrons. The Labute approximate surface area is 149 Å². The Balaban J connectivity index is 1.52. The second kappa shape index (κ2) is 8.11. The highest BCUT2D eigenvalue weighted by atomic mass is 32.1. The summed E-state index contributed by atoms with van der Waals surface area (Å²) in [6, 6.07) is 9.90. The van der Waals surface area contributed by atoms with Crippen molar-refractivity contribution in [2.24, 2.45) is 5.92 Å². The summed E-state index contributed by atoms with van der Waals surface area (Å²) in [4.78, 5) is 26.3. The van der Waals surface area contributed by atoms with Crippen molar-refractivity contribution in [3.8, 4) is 0 Å². The van der Waals surface area contributed by atoms with E-state index in [2.05, 4.69) is 10.6 Å². The highest BCUT2D eigenvalue weighted by Gasteiger charge is 2.28. The largest absolute Gasteiger partial charge is 0.352 e. The SMILES string of the molecule is O=C(NCc1ccccc1F)C1CCCN(C(=O)Nc2cccs2)C1. The van der Waals surface area contributed by atoms with Crippen LogP contribution < -0.4 is 10.6 Å². The van der Waals surface area contributed by atoms with Gasteiger partial charge in [0.2, 0.25) is 5.91 Å². The van der Waals surface area contributed by atoms with Gasteiger partial charge in [-0.1, -0.05) is 18.2 Å².